The first kappa shape index (κ1) is 15.4. The summed E-state index contributed by atoms with van der Waals surface area (Å²) in [6.07, 6.45) is 3.83. The number of carbonyl (C=O) groups is 2. The third kappa shape index (κ3) is 2.54. The second-order valence-electron chi connectivity index (χ2n) is 5.10. The molecule has 0 bridgehead atoms. The number of benzene rings is 1. The molecule has 0 aliphatic heterocycles. The van der Waals surface area contributed by atoms with Gasteiger partial charge in [-0.3, -0.25) is 9.59 Å². The largest absolute Gasteiger partial charge is 0.329 e. The van der Waals surface area contributed by atoms with Gasteiger partial charge in [-0.15, -0.1) is 0 Å². The minimum absolute atomic E-state index is 0.0352. The molecule has 23 heavy (non-hydrogen) atoms. The van der Waals surface area contributed by atoms with Gasteiger partial charge in [0, 0.05) is 18.3 Å². The lowest BCUT2D eigenvalue weighted by molar-refractivity contribution is -0.110. The topological polar surface area (TPSA) is 99.2 Å². The standard InChI is InChI=1S/C16H14N2O4S/c17-8-9-23(21,22)18-10-12(11-4-2-1-3-5-11)15-13(18)6-7-14(19)16(15)20/h1-7,10H,8-9,17H2. The molecule has 1 aliphatic rings. The van der Waals surface area contributed by atoms with E-state index in [9.17, 15) is 18.0 Å². The summed E-state index contributed by atoms with van der Waals surface area (Å²) in [4.78, 5) is 24.0. The Bertz CT molecular complexity index is 924. The van der Waals surface area contributed by atoms with Crippen molar-refractivity contribution in [3.63, 3.8) is 0 Å². The Balaban J connectivity index is 2.31. The molecule has 0 saturated carbocycles. The maximum Gasteiger partial charge on any atom is 0.240 e. The van der Waals surface area contributed by atoms with Crippen molar-refractivity contribution >= 4 is 27.7 Å². The van der Waals surface area contributed by atoms with Gasteiger partial charge in [-0.05, 0) is 17.7 Å². The van der Waals surface area contributed by atoms with Crippen LogP contribution in [0, 0.1) is 0 Å². The van der Waals surface area contributed by atoms with E-state index in [0.29, 0.717) is 11.1 Å². The number of allylic oxidation sites excluding steroid dienone is 1. The second kappa shape index (κ2) is 5.60. The molecule has 7 heteroatoms. The van der Waals surface area contributed by atoms with E-state index in [2.05, 4.69) is 0 Å². The van der Waals surface area contributed by atoms with Gasteiger partial charge in [0.2, 0.25) is 21.6 Å². The molecule has 0 atom stereocenters. The summed E-state index contributed by atoms with van der Waals surface area (Å²) in [7, 11) is -3.70. The van der Waals surface area contributed by atoms with Gasteiger partial charge in [0.05, 0.1) is 17.0 Å². The molecular formula is C16H14N2O4S. The molecule has 0 unspecified atom stereocenters. The SMILES string of the molecule is NCCS(=O)(=O)n1cc(-c2ccccc2)c2c1C=CC(=O)C2=O. The van der Waals surface area contributed by atoms with Crippen LogP contribution in [0.15, 0.2) is 42.6 Å². The molecule has 2 N–H and O–H groups in total. The molecule has 0 spiro atoms. The average Bonchev–Trinajstić information content (AvgIpc) is 2.93. The zero-order valence-corrected chi connectivity index (χ0v) is 12.9. The van der Waals surface area contributed by atoms with Crippen LogP contribution in [0.5, 0.6) is 0 Å². The van der Waals surface area contributed by atoms with E-state index in [1.165, 1.54) is 12.3 Å². The molecule has 3 rings (SSSR count). The first-order valence-electron chi connectivity index (χ1n) is 6.96. The monoisotopic (exact) mass is 330 g/mol. The van der Waals surface area contributed by atoms with E-state index in [4.69, 9.17) is 5.73 Å². The third-order valence-corrected chi connectivity index (χ3v) is 5.27. The van der Waals surface area contributed by atoms with Crippen molar-refractivity contribution in [2.45, 2.75) is 0 Å². The highest BCUT2D eigenvalue weighted by Crippen LogP contribution is 2.32. The summed E-state index contributed by atoms with van der Waals surface area (Å²) >= 11 is 0. The van der Waals surface area contributed by atoms with Crippen LogP contribution in [-0.2, 0) is 14.8 Å². The molecular weight excluding hydrogens is 316 g/mol. The molecule has 1 aromatic carbocycles. The number of carbonyl (C=O) groups excluding carboxylic acids is 2. The molecule has 0 fully saturated rings. The molecule has 1 aliphatic carbocycles. The van der Waals surface area contributed by atoms with Crippen molar-refractivity contribution in [3.05, 3.63) is 53.9 Å². The maximum absolute atomic E-state index is 12.4. The Morgan fingerprint density at radius 1 is 1.04 bits per heavy atom. The average molecular weight is 330 g/mol. The number of ketones is 2. The summed E-state index contributed by atoms with van der Waals surface area (Å²) in [6, 6.07) is 8.87. The van der Waals surface area contributed by atoms with Crippen LogP contribution in [0.1, 0.15) is 16.1 Å². The number of nitrogens with two attached hydrogens (primary N) is 1. The first-order chi connectivity index (χ1) is 11.0. The summed E-state index contributed by atoms with van der Waals surface area (Å²) in [6.45, 7) is -0.0352. The number of Topliss-reactive ketones (excluding diaryl/α,β-unsaturated/α-hetero) is 1. The molecule has 2 aromatic rings. The fourth-order valence-corrected chi connectivity index (χ4v) is 3.77. The van der Waals surface area contributed by atoms with Crippen molar-refractivity contribution < 1.29 is 18.0 Å². The number of hydrogen-bond acceptors (Lipinski definition) is 5. The van der Waals surface area contributed by atoms with Crippen LogP contribution in [-0.4, -0.2) is 36.3 Å². The fraction of sp³-hybridized carbons (Fsp3) is 0.125. The molecule has 0 amide bonds. The number of fused-ring (bicyclic) bond motifs is 1. The minimum atomic E-state index is -3.70. The van der Waals surface area contributed by atoms with E-state index < -0.39 is 21.6 Å². The number of nitrogens with zero attached hydrogens (tertiary/aromatic N) is 1. The van der Waals surface area contributed by atoms with Gasteiger partial charge in [-0.2, -0.15) is 0 Å². The summed E-state index contributed by atoms with van der Waals surface area (Å²) in [5.74, 6) is -1.62. The summed E-state index contributed by atoms with van der Waals surface area (Å²) in [5.41, 5.74) is 6.76. The lowest BCUT2D eigenvalue weighted by Crippen LogP contribution is -2.24. The van der Waals surface area contributed by atoms with E-state index in [0.717, 1.165) is 10.0 Å². The predicted octanol–water partition coefficient (Wildman–Crippen LogP) is 1.07. The van der Waals surface area contributed by atoms with Crippen molar-refractivity contribution in [2.24, 2.45) is 5.73 Å². The quantitative estimate of drug-likeness (QED) is 0.845. The van der Waals surface area contributed by atoms with Crippen LogP contribution in [0.25, 0.3) is 17.2 Å². The number of rotatable bonds is 4. The zero-order valence-electron chi connectivity index (χ0n) is 12.1. The Morgan fingerprint density at radius 2 is 1.74 bits per heavy atom. The lowest BCUT2D eigenvalue weighted by Gasteiger charge is -2.10. The minimum Gasteiger partial charge on any atom is -0.329 e. The highest BCUT2D eigenvalue weighted by atomic mass is 32.2. The van der Waals surface area contributed by atoms with Crippen molar-refractivity contribution in [1.29, 1.82) is 0 Å². The van der Waals surface area contributed by atoms with Gasteiger partial charge in [-0.1, -0.05) is 30.3 Å². The maximum atomic E-state index is 12.4. The molecule has 118 valence electrons. The second-order valence-corrected chi connectivity index (χ2v) is 7.06. The van der Waals surface area contributed by atoms with E-state index in [1.807, 2.05) is 6.07 Å². The van der Waals surface area contributed by atoms with Gasteiger partial charge in [0.25, 0.3) is 0 Å². The first-order valence-corrected chi connectivity index (χ1v) is 8.57. The van der Waals surface area contributed by atoms with Crippen LogP contribution < -0.4 is 5.73 Å². The molecule has 0 radical (unpaired) electrons. The van der Waals surface area contributed by atoms with Crippen LogP contribution in [0.3, 0.4) is 0 Å². The van der Waals surface area contributed by atoms with E-state index in [-0.39, 0.29) is 23.6 Å². The normalized spacial score (nSPS) is 14.1. The van der Waals surface area contributed by atoms with Crippen molar-refractivity contribution in [2.75, 3.05) is 12.3 Å². The Morgan fingerprint density at radius 3 is 2.39 bits per heavy atom. The number of hydrogen-bond donors (Lipinski definition) is 1. The Kier molecular flexibility index (Phi) is 3.75. The Hall–Kier alpha value is -2.51. The van der Waals surface area contributed by atoms with Crippen molar-refractivity contribution in [1.82, 2.24) is 3.97 Å². The Labute approximate surface area is 133 Å². The third-order valence-electron chi connectivity index (χ3n) is 3.61. The number of aromatic nitrogens is 1. The van der Waals surface area contributed by atoms with E-state index >= 15 is 0 Å². The fourth-order valence-electron chi connectivity index (χ4n) is 2.56. The van der Waals surface area contributed by atoms with Gasteiger partial charge in [-0.25, -0.2) is 12.4 Å². The zero-order chi connectivity index (χ0) is 16.6. The molecule has 1 heterocycles. The van der Waals surface area contributed by atoms with Crippen molar-refractivity contribution in [3.8, 4) is 11.1 Å². The highest BCUT2D eigenvalue weighted by Gasteiger charge is 2.31. The predicted molar refractivity (Wildman–Crippen MR) is 86.5 cm³/mol. The smallest absolute Gasteiger partial charge is 0.240 e. The van der Waals surface area contributed by atoms with Crippen LogP contribution in [0.4, 0.5) is 0 Å². The summed E-state index contributed by atoms with van der Waals surface area (Å²) in [5, 5.41) is 0. The van der Waals surface area contributed by atoms with Gasteiger partial charge >= 0.3 is 0 Å². The lowest BCUT2D eigenvalue weighted by atomic mass is 9.94. The molecule has 6 nitrogen and oxygen atoms in total. The van der Waals surface area contributed by atoms with Gasteiger partial charge < -0.3 is 5.73 Å². The van der Waals surface area contributed by atoms with Gasteiger partial charge in [0.15, 0.2) is 0 Å². The van der Waals surface area contributed by atoms with Crippen LogP contribution in [0.2, 0.25) is 0 Å². The van der Waals surface area contributed by atoms with E-state index in [1.54, 1.807) is 24.3 Å². The molecule has 0 saturated heterocycles. The van der Waals surface area contributed by atoms with Crippen LogP contribution >= 0.6 is 0 Å². The summed E-state index contributed by atoms with van der Waals surface area (Å²) < 4.78 is 25.8. The highest BCUT2D eigenvalue weighted by molar-refractivity contribution is 7.90. The molecule has 1 aromatic heterocycles. The van der Waals surface area contributed by atoms with Gasteiger partial charge in [0.1, 0.15) is 0 Å².